The normalized spacial score (nSPS) is 15.9. The van der Waals surface area contributed by atoms with Crippen LogP contribution >= 0.6 is 0 Å². The molecule has 1 atom stereocenters. The number of non-ortho nitro benzene ring substituents is 1. The molecule has 0 aliphatic carbocycles. The van der Waals surface area contributed by atoms with E-state index in [2.05, 4.69) is 0 Å². The summed E-state index contributed by atoms with van der Waals surface area (Å²) in [5, 5.41) is 10.9. The van der Waals surface area contributed by atoms with Gasteiger partial charge in [0.2, 0.25) is 5.91 Å². The number of Topliss-reactive ketones (excluding diaryl/α,β-unsaturated/α-hetero) is 1. The highest BCUT2D eigenvalue weighted by Gasteiger charge is 2.37. The molecule has 1 fully saturated rings. The Morgan fingerprint density at radius 3 is 2.45 bits per heavy atom. The highest BCUT2D eigenvalue weighted by Crippen LogP contribution is 2.36. The molecule has 1 aliphatic heterocycles. The number of hydrogen-bond donors (Lipinski definition) is 0. The van der Waals surface area contributed by atoms with Gasteiger partial charge in [-0.3, -0.25) is 24.5 Å². The Bertz CT molecular complexity index is 985. The van der Waals surface area contributed by atoms with E-state index in [0.717, 1.165) is 0 Å². The maximum Gasteiger partial charge on any atom is 0.316 e. The minimum atomic E-state index is -0.699. The Morgan fingerprint density at radius 1 is 1.17 bits per heavy atom. The van der Waals surface area contributed by atoms with Crippen molar-refractivity contribution < 1.29 is 28.8 Å². The van der Waals surface area contributed by atoms with E-state index in [9.17, 15) is 24.5 Å². The van der Waals surface area contributed by atoms with Crippen molar-refractivity contribution in [3.05, 3.63) is 58.1 Å². The molecule has 1 saturated heterocycles. The van der Waals surface area contributed by atoms with Gasteiger partial charge >= 0.3 is 5.97 Å². The van der Waals surface area contributed by atoms with Crippen LogP contribution in [0.3, 0.4) is 0 Å². The number of ketones is 1. The fraction of sp³-hybridized carbons (Fsp3) is 0.250. The third kappa shape index (κ3) is 4.23. The van der Waals surface area contributed by atoms with Gasteiger partial charge in [0.15, 0.2) is 5.78 Å². The molecule has 0 N–H and O–H groups in total. The first kappa shape index (κ1) is 20.0. The molecule has 1 heterocycles. The molecule has 2 aromatic carbocycles. The van der Waals surface area contributed by atoms with Gasteiger partial charge < -0.3 is 14.4 Å². The Labute approximate surface area is 166 Å². The zero-order valence-electron chi connectivity index (χ0n) is 15.8. The third-order valence-electron chi connectivity index (χ3n) is 4.60. The highest BCUT2D eigenvalue weighted by molar-refractivity contribution is 6.01. The van der Waals surface area contributed by atoms with Crippen LogP contribution in [0.1, 0.15) is 23.7 Å². The van der Waals surface area contributed by atoms with Gasteiger partial charge in [0.05, 0.1) is 29.7 Å². The Balaban J connectivity index is 1.73. The largest absolute Gasteiger partial charge is 0.494 e. The summed E-state index contributed by atoms with van der Waals surface area (Å²) in [6.45, 7) is 1.50. The maximum atomic E-state index is 12.5. The molecule has 0 saturated carbocycles. The van der Waals surface area contributed by atoms with Gasteiger partial charge in [0, 0.05) is 24.6 Å². The number of nitrogens with zero attached hydrogens (tertiary/aromatic N) is 2. The number of amides is 1. The second kappa shape index (κ2) is 8.09. The average molecular weight is 398 g/mol. The van der Waals surface area contributed by atoms with Crippen molar-refractivity contribution in [3.8, 4) is 11.5 Å². The first-order chi connectivity index (χ1) is 13.8. The fourth-order valence-electron chi connectivity index (χ4n) is 3.06. The Hall–Kier alpha value is -3.75. The quantitative estimate of drug-likeness (QED) is 0.241. The van der Waals surface area contributed by atoms with Crippen molar-refractivity contribution in [2.24, 2.45) is 5.92 Å². The molecule has 150 valence electrons. The van der Waals surface area contributed by atoms with Crippen LogP contribution in [-0.2, 0) is 9.59 Å². The van der Waals surface area contributed by atoms with Crippen molar-refractivity contribution in [1.82, 2.24) is 0 Å². The van der Waals surface area contributed by atoms with Crippen LogP contribution in [0.15, 0.2) is 42.5 Å². The molecule has 1 aliphatic rings. The molecule has 2 aromatic rings. The number of anilines is 1. The van der Waals surface area contributed by atoms with Crippen molar-refractivity contribution in [3.63, 3.8) is 0 Å². The van der Waals surface area contributed by atoms with Crippen LogP contribution in [-0.4, -0.2) is 36.2 Å². The molecular weight excluding hydrogens is 380 g/mol. The van der Waals surface area contributed by atoms with E-state index in [4.69, 9.17) is 9.47 Å². The minimum absolute atomic E-state index is 0.0511. The lowest BCUT2D eigenvalue weighted by Gasteiger charge is -2.19. The number of ether oxygens (including phenoxy) is 2. The van der Waals surface area contributed by atoms with Crippen LogP contribution in [0.5, 0.6) is 11.5 Å². The molecule has 9 nitrogen and oxygen atoms in total. The maximum absolute atomic E-state index is 12.5. The van der Waals surface area contributed by atoms with Gasteiger partial charge in [-0.15, -0.1) is 0 Å². The summed E-state index contributed by atoms with van der Waals surface area (Å²) in [6.07, 6.45) is -0.0511. The average Bonchev–Trinajstić information content (AvgIpc) is 3.09. The number of nitro benzene ring substituents is 1. The van der Waals surface area contributed by atoms with Crippen LogP contribution in [0.2, 0.25) is 0 Å². The molecule has 0 bridgehead atoms. The standard InChI is InChI=1S/C20H18N2O7/c1-12(23)13-3-6-16(7-4-13)29-20(25)14-9-19(24)21(11-14)17-8-5-15(22(26)27)10-18(17)28-2/h3-8,10,14H,9,11H2,1-2H3/t14-/m1/s1. The first-order valence-corrected chi connectivity index (χ1v) is 8.75. The number of carbonyl (C=O) groups excluding carboxylic acids is 3. The molecule has 9 heteroatoms. The molecule has 1 amide bonds. The summed E-state index contributed by atoms with van der Waals surface area (Å²) in [5.41, 5.74) is 0.684. The fourth-order valence-corrected chi connectivity index (χ4v) is 3.06. The van der Waals surface area contributed by atoms with E-state index in [-0.39, 0.29) is 41.8 Å². The molecular formula is C20H18N2O7. The smallest absolute Gasteiger partial charge is 0.316 e. The monoisotopic (exact) mass is 398 g/mol. The topological polar surface area (TPSA) is 116 Å². The summed E-state index contributed by atoms with van der Waals surface area (Å²) in [7, 11) is 1.35. The van der Waals surface area contributed by atoms with Gasteiger partial charge in [-0.1, -0.05) is 0 Å². The van der Waals surface area contributed by atoms with Crippen molar-refractivity contribution >= 4 is 29.0 Å². The second-order valence-electron chi connectivity index (χ2n) is 6.52. The molecule has 0 unspecified atom stereocenters. The molecule has 0 radical (unpaired) electrons. The predicted molar refractivity (Wildman–Crippen MR) is 102 cm³/mol. The van der Waals surface area contributed by atoms with Gasteiger partial charge in [-0.2, -0.15) is 0 Å². The van der Waals surface area contributed by atoms with Gasteiger partial charge in [0.1, 0.15) is 11.5 Å². The van der Waals surface area contributed by atoms with Crippen LogP contribution in [0, 0.1) is 16.0 Å². The van der Waals surface area contributed by atoms with Gasteiger partial charge in [-0.05, 0) is 37.3 Å². The Morgan fingerprint density at radius 2 is 1.86 bits per heavy atom. The first-order valence-electron chi connectivity index (χ1n) is 8.75. The summed E-state index contributed by atoms with van der Waals surface area (Å²) in [5.74, 6) is -1.24. The lowest BCUT2D eigenvalue weighted by atomic mass is 10.1. The summed E-state index contributed by atoms with van der Waals surface area (Å²) >= 11 is 0. The lowest BCUT2D eigenvalue weighted by molar-refractivity contribution is -0.384. The zero-order valence-corrected chi connectivity index (χ0v) is 15.8. The molecule has 0 aromatic heterocycles. The number of carbonyl (C=O) groups is 3. The van der Waals surface area contributed by atoms with Gasteiger partial charge in [0.25, 0.3) is 5.69 Å². The van der Waals surface area contributed by atoms with E-state index in [1.165, 1.54) is 49.3 Å². The zero-order chi connectivity index (χ0) is 21.1. The number of hydrogen-bond acceptors (Lipinski definition) is 7. The Kier molecular flexibility index (Phi) is 5.58. The third-order valence-corrected chi connectivity index (χ3v) is 4.60. The van der Waals surface area contributed by atoms with Crippen LogP contribution in [0.25, 0.3) is 0 Å². The van der Waals surface area contributed by atoms with Gasteiger partial charge in [-0.25, -0.2) is 0 Å². The van der Waals surface area contributed by atoms with E-state index < -0.39 is 16.8 Å². The van der Waals surface area contributed by atoms with E-state index in [1.807, 2.05) is 0 Å². The van der Waals surface area contributed by atoms with E-state index in [1.54, 1.807) is 12.1 Å². The molecule has 29 heavy (non-hydrogen) atoms. The number of esters is 1. The van der Waals surface area contributed by atoms with E-state index in [0.29, 0.717) is 11.3 Å². The predicted octanol–water partition coefficient (Wildman–Crippen LogP) is 2.76. The number of benzene rings is 2. The second-order valence-corrected chi connectivity index (χ2v) is 6.52. The number of nitro groups is 1. The molecule has 3 rings (SSSR count). The van der Waals surface area contributed by atoms with Crippen LogP contribution < -0.4 is 14.4 Å². The minimum Gasteiger partial charge on any atom is -0.494 e. The highest BCUT2D eigenvalue weighted by atomic mass is 16.6. The van der Waals surface area contributed by atoms with Crippen molar-refractivity contribution in [1.29, 1.82) is 0 Å². The SMILES string of the molecule is COc1cc([N+](=O)[O-])ccc1N1C[C@H](C(=O)Oc2ccc(C(C)=O)cc2)CC1=O. The number of rotatable bonds is 6. The summed E-state index contributed by atoms with van der Waals surface area (Å²) in [6, 6.07) is 10.1. The summed E-state index contributed by atoms with van der Waals surface area (Å²) < 4.78 is 10.5. The summed E-state index contributed by atoms with van der Waals surface area (Å²) in [4.78, 5) is 47.9. The molecule has 0 spiro atoms. The van der Waals surface area contributed by atoms with Crippen LogP contribution in [0.4, 0.5) is 11.4 Å². The lowest BCUT2D eigenvalue weighted by Crippen LogP contribution is -2.27. The van der Waals surface area contributed by atoms with E-state index >= 15 is 0 Å². The van der Waals surface area contributed by atoms with Crippen molar-refractivity contribution in [2.45, 2.75) is 13.3 Å². The number of methoxy groups -OCH3 is 1. The van der Waals surface area contributed by atoms with Crippen molar-refractivity contribution in [2.75, 3.05) is 18.6 Å².